The van der Waals surface area contributed by atoms with E-state index in [1.165, 1.54) is 17.5 Å². The first kappa shape index (κ1) is 15.3. The Kier molecular flexibility index (Phi) is 5.86. The van der Waals surface area contributed by atoms with E-state index in [0.717, 1.165) is 31.6 Å². The Hall–Kier alpha value is -1.06. The molecule has 0 aromatic heterocycles. The summed E-state index contributed by atoms with van der Waals surface area (Å²) in [7, 11) is 0. The van der Waals surface area contributed by atoms with Crippen LogP contribution in [0.15, 0.2) is 18.2 Å². The average Bonchev–Trinajstić information content (AvgIpc) is 2.43. The van der Waals surface area contributed by atoms with Gasteiger partial charge < -0.3 is 15.2 Å². The van der Waals surface area contributed by atoms with E-state index in [1.54, 1.807) is 0 Å². The molecule has 0 spiro atoms. The van der Waals surface area contributed by atoms with Crippen LogP contribution in [-0.4, -0.2) is 19.8 Å². The molecule has 1 aliphatic carbocycles. The summed E-state index contributed by atoms with van der Waals surface area (Å²) in [4.78, 5) is 0. The van der Waals surface area contributed by atoms with Gasteiger partial charge in [-0.25, -0.2) is 0 Å². The highest BCUT2D eigenvalue weighted by Gasteiger charge is 2.17. The van der Waals surface area contributed by atoms with Crippen LogP contribution in [0.5, 0.6) is 5.75 Å². The van der Waals surface area contributed by atoms with Crippen LogP contribution in [0.4, 0.5) is 0 Å². The molecule has 1 aromatic carbocycles. The van der Waals surface area contributed by atoms with Gasteiger partial charge in [0.15, 0.2) is 0 Å². The SMILES string of the molecule is CC(C)CCOCCOc1ccc2c(c1)C(N)CCC2. The van der Waals surface area contributed by atoms with Gasteiger partial charge in [-0.2, -0.15) is 0 Å². The van der Waals surface area contributed by atoms with Crippen molar-refractivity contribution in [1.29, 1.82) is 0 Å². The molecule has 0 radical (unpaired) electrons. The highest BCUT2D eigenvalue weighted by atomic mass is 16.5. The summed E-state index contributed by atoms with van der Waals surface area (Å²) >= 11 is 0. The molecule has 112 valence electrons. The maximum Gasteiger partial charge on any atom is 0.119 e. The van der Waals surface area contributed by atoms with Gasteiger partial charge in [-0.05, 0) is 54.9 Å². The number of nitrogens with two attached hydrogens (primary N) is 1. The van der Waals surface area contributed by atoms with Gasteiger partial charge in [0.1, 0.15) is 12.4 Å². The smallest absolute Gasteiger partial charge is 0.119 e. The Labute approximate surface area is 122 Å². The van der Waals surface area contributed by atoms with Gasteiger partial charge in [0, 0.05) is 12.6 Å². The monoisotopic (exact) mass is 277 g/mol. The lowest BCUT2D eigenvalue weighted by Crippen LogP contribution is -2.17. The van der Waals surface area contributed by atoms with Crippen molar-refractivity contribution < 1.29 is 9.47 Å². The zero-order chi connectivity index (χ0) is 14.4. The van der Waals surface area contributed by atoms with Crippen molar-refractivity contribution in [2.45, 2.75) is 45.6 Å². The summed E-state index contributed by atoms with van der Waals surface area (Å²) in [5.41, 5.74) is 8.80. The highest BCUT2D eigenvalue weighted by Crippen LogP contribution is 2.30. The normalized spacial score (nSPS) is 18.1. The number of benzene rings is 1. The Morgan fingerprint density at radius 2 is 2.10 bits per heavy atom. The summed E-state index contributed by atoms with van der Waals surface area (Å²) in [6, 6.07) is 6.48. The highest BCUT2D eigenvalue weighted by molar-refractivity contribution is 5.39. The Morgan fingerprint density at radius 1 is 1.25 bits per heavy atom. The number of ether oxygens (including phenoxy) is 2. The maximum atomic E-state index is 6.16. The minimum Gasteiger partial charge on any atom is -0.491 e. The number of hydrogen-bond acceptors (Lipinski definition) is 3. The molecule has 1 unspecified atom stereocenters. The standard InChI is InChI=1S/C17H27NO2/c1-13(2)8-9-19-10-11-20-15-7-6-14-4-3-5-17(18)16(14)12-15/h6-7,12-13,17H,3-5,8-11,18H2,1-2H3. The lowest BCUT2D eigenvalue weighted by molar-refractivity contribution is 0.0925. The second-order valence-corrected chi connectivity index (χ2v) is 6.00. The number of hydrogen-bond donors (Lipinski definition) is 1. The molecule has 0 bridgehead atoms. The molecule has 2 rings (SSSR count). The predicted octanol–water partition coefficient (Wildman–Crippen LogP) is 3.46. The fourth-order valence-corrected chi connectivity index (χ4v) is 2.54. The minimum absolute atomic E-state index is 0.171. The molecule has 20 heavy (non-hydrogen) atoms. The molecule has 3 nitrogen and oxygen atoms in total. The third-order valence-corrected chi connectivity index (χ3v) is 3.81. The van der Waals surface area contributed by atoms with Crippen molar-refractivity contribution in [1.82, 2.24) is 0 Å². The quantitative estimate of drug-likeness (QED) is 0.776. The van der Waals surface area contributed by atoms with Gasteiger partial charge in [0.2, 0.25) is 0 Å². The lowest BCUT2D eigenvalue weighted by Gasteiger charge is -2.22. The van der Waals surface area contributed by atoms with E-state index in [1.807, 2.05) is 6.07 Å². The Balaban J connectivity index is 1.75. The molecule has 0 aliphatic heterocycles. The summed E-state index contributed by atoms with van der Waals surface area (Å²) in [6.45, 7) is 6.48. The fraction of sp³-hybridized carbons (Fsp3) is 0.647. The van der Waals surface area contributed by atoms with E-state index in [9.17, 15) is 0 Å². The van der Waals surface area contributed by atoms with E-state index in [0.29, 0.717) is 19.1 Å². The van der Waals surface area contributed by atoms with Gasteiger partial charge in [-0.15, -0.1) is 0 Å². The van der Waals surface area contributed by atoms with Crippen LogP contribution < -0.4 is 10.5 Å². The first-order valence-electron chi connectivity index (χ1n) is 7.75. The third kappa shape index (κ3) is 4.50. The second-order valence-electron chi connectivity index (χ2n) is 6.00. The molecule has 3 heteroatoms. The van der Waals surface area contributed by atoms with Gasteiger partial charge >= 0.3 is 0 Å². The summed E-state index contributed by atoms with van der Waals surface area (Å²) < 4.78 is 11.3. The molecule has 1 aliphatic rings. The lowest BCUT2D eigenvalue weighted by atomic mass is 9.88. The van der Waals surface area contributed by atoms with Crippen molar-refractivity contribution in [2.24, 2.45) is 11.7 Å². The molecular weight excluding hydrogens is 250 g/mol. The Morgan fingerprint density at radius 3 is 2.90 bits per heavy atom. The van der Waals surface area contributed by atoms with Gasteiger partial charge in [-0.3, -0.25) is 0 Å². The van der Waals surface area contributed by atoms with Crippen LogP contribution in [0.25, 0.3) is 0 Å². The second kappa shape index (κ2) is 7.65. The Bertz CT molecular complexity index is 417. The van der Waals surface area contributed by atoms with Gasteiger partial charge in [0.05, 0.1) is 6.61 Å². The summed E-state index contributed by atoms with van der Waals surface area (Å²) in [6.07, 6.45) is 4.52. The van der Waals surface area contributed by atoms with E-state index in [4.69, 9.17) is 15.2 Å². The first-order chi connectivity index (χ1) is 9.66. The first-order valence-corrected chi connectivity index (χ1v) is 7.75. The average molecular weight is 277 g/mol. The van der Waals surface area contributed by atoms with E-state index in [-0.39, 0.29) is 6.04 Å². The van der Waals surface area contributed by atoms with E-state index in [2.05, 4.69) is 26.0 Å². The number of aryl methyl sites for hydroxylation is 1. The van der Waals surface area contributed by atoms with Crippen molar-refractivity contribution in [3.63, 3.8) is 0 Å². The van der Waals surface area contributed by atoms with Crippen molar-refractivity contribution in [2.75, 3.05) is 19.8 Å². The molecular formula is C17H27NO2. The molecule has 0 saturated heterocycles. The zero-order valence-corrected chi connectivity index (χ0v) is 12.7. The van der Waals surface area contributed by atoms with Crippen LogP contribution in [0.3, 0.4) is 0 Å². The number of rotatable bonds is 7. The zero-order valence-electron chi connectivity index (χ0n) is 12.7. The molecule has 0 fully saturated rings. The van der Waals surface area contributed by atoms with Crippen molar-refractivity contribution >= 4 is 0 Å². The van der Waals surface area contributed by atoms with E-state index >= 15 is 0 Å². The largest absolute Gasteiger partial charge is 0.491 e. The topological polar surface area (TPSA) is 44.5 Å². The molecule has 1 atom stereocenters. The van der Waals surface area contributed by atoms with Crippen LogP contribution in [0.1, 0.15) is 50.3 Å². The maximum absolute atomic E-state index is 6.16. The van der Waals surface area contributed by atoms with Crippen LogP contribution in [0.2, 0.25) is 0 Å². The van der Waals surface area contributed by atoms with Crippen molar-refractivity contribution in [3.8, 4) is 5.75 Å². The van der Waals surface area contributed by atoms with E-state index < -0.39 is 0 Å². The molecule has 0 heterocycles. The summed E-state index contributed by atoms with van der Waals surface area (Å²) in [5.74, 6) is 1.60. The minimum atomic E-state index is 0.171. The predicted molar refractivity (Wildman–Crippen MR) is 82.1 cm³/mol. The van der Waals surface area contributed by atoms with Crippen molar-refractivity contribution in [3.05, 3.63) is 29.3 Å². The molecule has 0 saturated carbocycles. The van der Waals surface area contributed by atoms with Crippen LogP contribution >= 0.6 is 0 Å². The molecule has 1 aromatic rings. The number of fused-ring (bicyclic) bond motifs is 1. The fourth-order valence-electron chi connectivity index (χ4n) is 2.54. The van der Waals surface area contributed by atoms with Crippen LogP contribution in [-0.2, 0) is 11.2 Å². The molecule has 2 N–H and O–H groups in total. The van der Waals surface area contributed by atoms with Gasteiger partial charge in [-0.1, -0.05) is 19.9 Å². The third-order valence-electron chi connectivity index (χ3n) is 3.81. The van der Waals surface area contributed by atoms with Gasteiger partial charge in [0.25, 0.3) is 0 Å². The summed E-state index contributed by atoms with van der Waals surface area (Å²) in [5, 5.41) is 0. The molecule has 0 amide bonds. The van der Waals surface area contributed by atoms with Crippen LogP contribution in [0, 0.1) is 5.92 Å².